The number of hydrogen-bond donors (Lipinski definition) is 3. The first kappa shape index (κ1) is 26.2. The maximum atomic E-state index is 12.4. The molecule has 4 rings (SSSR count). The van der Waals surface area contributed by atoms with Crippen molar-refractivity contribution >= 4 is 44.5 Å². The first-order valence-electron chi connectivity index (χ1n) is 11.7. The monoisotopic (exact) mass is 569 g/mol. The molecule has 0 aliphatic carbocycles. The topological polar surface area (TPSA) is 90.9 Å². The van der Waals surface area contributed by atoms with E-state index in [-0.39, 0.29) is 17.8 Å². The summed E-state index contributed by atoms with van der Waals surface area (Å²) in [4.78, 5) is 26.2. The molecular weight excluding hydrogens is 542 g/mol. The second-order valence-electron chi connectivity index (χ2n) is 8.40. The highest BCUT2D eigenvalue weighted by Crippen LogP contribution is 2.30. The average molecular weight is 571 g/mol. The highest BCUT2D eigenvalue weighted by atomic mass is 79.9. The Hall–Kier alpha value is -2.85. The van der Waals surface area contributed by atoms with Crippen LogP contribution in [0.3, 0.4) is 0 Å². The van der Waals surface area contributed by atoms with Crippen LogP contribution in [0.15, 0.2) is 83.3 Å². The number of aliphatic hydroxyl groups is 1. The summed E-state index contributed by atoms with van der Waals surface area (Å²) in [5.41, 5.74) is 3.03. The summed E-state index contributed by atoms with van der Waals surface area (Å²) in [7, 11) is 0. The molecular formula is C27H28BrN3O4S. The molecule has 2 atom stereocenters. The fourth-order valence-electron chi connectivity index (χ4n) is 3.77. The lowest BCUT2D eigenvalue weighted by Crippen LogP contribution is -2.39. The Kier molecular flexibility index (Phi) is 9.41. The van der Waals surface area contributed by atoms with E-state index in [4.69, 9.17) is 4.74 Å². The minimum absolute atomic E-state index is 0.231. The number of carbonyl (C=O) groups excluding carboxylic acids is 2. The first-order chi connectivity index (χ1) is 17.5. The van der Waals surface area contributed by atoms with Gasteiger partial charge in [0, 0.05) is 23.2 Å². The molecule has 1 fully saturated rings. The zero-order valence-electron chi connectivity index (χ0n) is 19.6. The number of carbonyl (C=O) groups is 2. The number of hydrogen-bond acceptors (Lipinski definition) is 7. The molecule has 1 aliphatic rings. The number of para-hydroxylation sites is 1. The maximum Gasteiger partial charge on any atom is 0.288 e. The van der Waals surface area contributed by atoms with Crippen LogP contribution in [0.2, 0.25) is 0 Å². The van der Waals surface area contributed by atoms with Crippen molar-refractivity contribution < 1.29 is 19.4 Å². The Labute approximate surface area is 223 Å². The van der Waals surface area contributed by atoms with Crippen molar-refractivity contribution in [3.05, 3.63) is 94.5 Å². The minimum Gasteiger partial charge on any atom is -0.491 e. The van der Waals surface area contributed by atoms with Crippen molar-refractivity contribution in [3.63, 3.8) is 0 Å². The van der Waals surface area contributed by atoms with Gasteiger partial charge in [0.25, 0.3) is 11.1 Å². The van der Waals surface area contributed by atoms with Gasteiger partial charge in [-0.05, 0) is 72.3 Å². The molecule has 3 aromatic rings. The Morgan fingerprint density at radius 2 is 1.69 bits per heavy atom. The van der Waals surface area contributed by atoms with Crippen molar-refractivity contribution in [1.29, 1.82) is 0 Å². The normalized spacial score (nSPS) is 16.0. The van der Waals surface area contributed by atoms with Crippen molar-refractivity contribution in [1.82, 2.24) is 10.6 Å². The molecule has 9 heteroatoms. The van der Waals surface area contributed by atoms with Gasteiger partial charge in [-0.3, -0.25) is 14.9 Å². The summed E-state index contributed by atoms with van der Waals surface area (Å²) in [5, 5.41) is 14.8. The number of amides is 2. The van der Waals surface area contributed by atoms with Gasteiger partial charge in [-0.25, -0.2) is 0 Å². The van der Waals surface area contributed by atoms with Gasteiger partial charge in [0.05, 0.1) is 0 Å². The Morgan fingerprint density at radius 1 is 1.00 bits per heavy atom. The number of nitrogens with zero attached hydrogens (tertiary/aromatic N) is 1. The molecule has 7 nitrogen and oxygen atoms in total. The van der Waals surface area contributed by atoms with E-state index < -0.39 is 11.5 Å². The van der Waals surface area contributed by atoms with Crippen LogP contribution in [0.1, 0.15) is 11.1 Å². The lowest BCUT2D eigenvalue weighted by atomic mass is 10.1. The molecule has 0 bridgehead atoms. The summed E-state index contributed by atoms with van der Waals surface area (Å²) in [6.45, 7) is 1.87. The van der Waals surface area contributed by atoms with Crippen molar-refractivity contribution in [3.8, 4) is 5.75 Å². The Morgan fingerprint density at radius 3 is 2.36 bits per heavy atom. The number of anilines is 1. The molecule has 36 heavy (non-hydrogen) atoms. The third-order valence-electron chi connectivity index (χ3n) is 5.64. The largest absolute Gasteiger partial charge is 0.491 e. The van der Waals surface area contributed by atoms with Gasteiger partial charge >= 0.3 is 0 Å². The van der Waals surface area contributed by atoms with Gasteiger partial charge in [-0.15, -0.1) is 0 Å². The van der Waals surface area contributed by atoms with Gasteiger partial charge < -0.3 is 20.1 Å². The molecule has 1 saturated heterocycles. The van der Waals surface area contributed by atoms with Crippen LogP contribution in [0.5, 0.6) is 5.75 Å². The quantitative estimate of drug-likeness (QED) is 0.279. The van der Waals surface area contributed by atoms with E-state index in [1.807, 2.05) is 83.8 Å². The summed E-state index contributed by atoms with van der Waals surface area (Å²) in [6, 6.07) is 25.4. The third kappa shape index (κ3) is 7.57. The number of nitrogens with one attached hydrogen (secondary N) is 2. The van der Waals surface area contributed by atoms with Crippen molar-refractivity contribution in [2.45, 2.75) is 24.4 Å². The van der Waals surface area contributed by atoms with Crippen molar-refractivity contribution in [2.75, 3.05) is 24.6 Å². The number of imide groups is 1. The van der Waals surface area contributed by atoms with Gasteiger partial charge in [0.15, 0.2) is 5.37 Å². The Balaban J connectivity index is 1.30. The molecule has 2 amide bonds. The molecule has 0 aromatic heterocycles. The fraction of sp³-hybridized carbons (Fsp3) is 0.259. The zero-order valence-corrected chi connectivity index (χ0v) is 22.0. The molecule has 1 heterocycles. The first-order valence-corrected chi connectivity index (χ1v) is 13.3. The lowest BCUT2D eigenvalue weighted by molar-refractivity contribution is -0.119. The number of halogens is 1. The molecule has 1 aliphatic heterocycles. The predicted molar refractivity (Wildman–Crippen MR) is 146 cm³/mol. The van der Waals surface area contributed by atoms with E-state index in [2.05, 4.69) is 26.6 Å². The second kappa shape index (κ2) is 12.9. The van der Waals surface area contributed by atoms with Crippen LogP contribution in [0, 0.1) is 0 Å². The molecule has 0 saturated carbocycles. The van der Waals surface area contributed by atoms with Crippen LogP contribution in [0.4, 0.5) is 10.5 Å². The zero-order chi connectivity index (χ0) is 25.3. The van der Waals surface area contributed by atoms with E-state index in [1.54, 1.807) is 0 Å². The van der Waals surface area contributed by atoms with Gasteiger partial charge in [-0.2, -0.15) is 0 Å². The summed E-state index contributed by atoms with van der Waals surface area (Å²) >= 11 is 4.45. The second-order valence-corrected chi connectivity index (χ2v) is 10.4. The molecule has 0 radical (unpaired) electrons. The third-order valence-corrected chi connectivity index (χ3v) is 7.18. The van der Waals surface area contributed by atoms with Gasteiger partial charge in [-0.1, -0.05) is 58.4 Å². The number of benzene rings is 3. The lowest BCUT2D eigenvalue weighted by Gasteiger charge is -2.28. The van der Waals surface area contributed by atoms with E-state index in [0.29, 0.717) is 19.6 Å². The van der Waals surface area contributed by atoms with E-state index >= 15 is 0 Å². The number of ether oxygens (including phenoxy) is 1. The predicted octanol–water partition coefficient (Wildman–Crippen LogP) is 4.34. The average Bonchev–Trinajstić information content (AvgIpc) is 3.23. The Bertz CT molecular complexity index is 1150. The molecule has 3 N–H and O–H groups in total. The smallest absolute Gasteiger partial charge is 0.288 e. The summed E-state index contributed by atoms with van der Waals surface area (Å²) < 4.78 is 6.56. The van der Waals surface area contributed by atoms with Gasteiger partial charge in [0.2, 0.25) is 0 Å². The highest BCUT2D eigenvalue weighted by molar-refractivity contribution is 9.10. The molecule has 188 valence electrons. The SMILES string of the molecule is O=C1NC(=O)C(N(Cc2ccc(Br)cc2)c2ccc(CCNC[C@H](O)COc3ccccc3)cc2)S1. The van der Waals surface area contributed by atoms with E-state index in [1.165, 1.54) is 0 Å². The van der Waals surface area contributed by atoms with Crippen LogP contribution in [0.25, 0.3) is 0 Å². The summed E-state index contributed by atoms with van der Waals surface area (Å²) in [6.07, 6.45) is 0.189. The molecule has 3 aromatic carbocycles. The number of rotatable bonds is 12. The minimum atomic E-state index is -0.617. The molecule has 0 spiro atoms. The fourth-order valence-corrected chi connectivity index (χ4v) is 4.89. The van der Waals surface area contributed by atoms with Crippen LogP contribution in [-0.2, 0) is 17.8 Å². The van der Waals surface area contributed by atoms with Crippen LogP contribution < -0.4 is 20.3 Å². The number of thioether (sulfide) groups is 1. The van der Waals surface area contributed by atoms with Crippen LogP contribution in [-0.4, -0.2) is 47.4 Å². The van der Waals surface area contributed by atoms with Crippen molar-refractivity contribution in [2.24, 2.45) is 0 Å². The maximum absolute atomic E-state index is 12.4. The molecule has 1 unspecified atom stereocenters. The number of aliphatic hydroxyl groups excluding tert-OH is 1. The van der Waals surface area contributed by atoms with Gasteiger partial charge in [0.1, 0.15) is 18.5 Å². The highest BCUT2D eigenvalue weighted by Gasteiger charge is 2.36. The standard InChI is InChI=1S/C27H28BrN3O4S/c28-21-10-6-20(7-11-21)17-31(26-25(33)30-27(34)36-26)22-12-8-19(9-13-22)14-15-29-16-23(32)18-35-24-4-2-1-3-5-24/h1-13,23,26,29,32H,14-18H2,(H,30,33,34)/t23-,26?/m0/s1. The van der Waals surface area contributed by atoms with Crippen LogP contribution >= 0.6 is 27.7 Å². The van der Waals surface area contributed by atoms with E-state index in [9.17, 15) is 14.7 Å². The summed E-state index contributed by atoms with van der Waals surface area (Å²) in [5.74, 6) is 0.439. The van der Waals surface area contributed by atoms with E-state index in [0.717, 1.165) is 45.2 Å².